The van der Waals surface area contributed by atoms with Crippen LogP contribution in [0.2, 0.25) is 5.02 Å². The Bertz CT molecular complexity index is 1140. The lowest BCUT2D eigenvalue weighted by atomic mass is 10.1. The number of likely N-dealkylation sites (N-methyl/N-ethyl adjacent to an activating group) is 1. The second kappa shape index (κ2) is 12.9. The number of nitrogens with zero attached hydrogens (tertiary/aromatic N) is 2. The van der Waals surface area contributed by atoms with Gasteiger partial charge in [0.15, 0.2) is 0 Å². The van der Waals surface area contributed by atoms with E-state index in [2.05, 4.69) is 5.32 Å². The van der Waals surface area contributed by atoms with Crippen molar-refractivity contribution in [1.29, 1.82) is 0 Å². The van der Waals surface area contributed by atoms with E-state index in [9.17, 15) is 18.0 Å². The molecular formula is C26H36ClN3O4S. The van der Waals surface area contributed by atoms with Gasteiger partial charge in [0.1, 0.15) is 6.04 Å². The summed E-state index contributed by atoms with van der Waals surface area (Å²) < 4.78 is 26.3. The minimum atomic E-state index is -3.53. The monoisotopic (exact) mass is 521 g/mol. The van der Waals surface area contributed by atoms with Crippen LogP contribution in [0.5, 0.6) is 0 Å². The zero-order chi connectivity index (χ0) is 26.2. The number of carbonyl (C=O) groups is 2. The summed E-state index contributed by atoms with van der Waals surface area (Å²) in [7, 11) is -3.53. The maximum atomic E-state index is 13.4. The minimum absolute atomic E-state index is 0.0945. The van der Waals surface area contributed by atoms with Gasteiger partial charge in [-0.15, -0.1) is 0 Å². The molecule has 35 heavy (non-hydrogen) atoms. The number of amides is 2. The third-order valence-electron chi connectivity index (χ3n) is 5.97. The van der Waals surface area contributed by atoms with Crippen molar-refractivity contribution in [2.24, 2.45) is 0 Å². The van der Waals surface area contributed by atoms with Crippen molar-refractivity contribution in [2.75, 3.05) is 23.7 Å². The molecule has 192 valence electrons. The maximum Gasteiger partial charge on any atom is 0.242 e. The van der Waals surface area contributed by atoms with Gasteiger partial charge in [-0.3, -0.25) is 13.9 Å². The number of carbonyl (C=O) groups excluding carboxylic acids is 2. The van der Waals surface area contributed by atoms with Crippen LogP contribution in [-0.4, -0.2) is 50.5 Å². The van der Waals surface area contributed by atoms with E-state index in [0.717, 1.165) is 22.9 Å². The van der Waals surface area contributed by atoms with Crippen LogP contribution < -0.4 is 9.62 Å². The molecule has 1 N–H and O–H groups in total. The van der Waals surface area contributed by atoms with E-state index in [1.165, 1.54) is 4.31 Å². The summed E-state index contributed by atoms with van der Waals surface area (Å²) in [6.45, 7) is 8.40. The molecule has 0 radical (unpaired) electrons. The molecule has 0 fully saturated rings. The highest BCUT2D eigenvalue weighted by Gasteiger charge is 2.29. The molecule has 2 amide bonds. The molecule has 0 aliphatic rings. The summed E-state index contributed by atoms with van der Waals surface area (Å²) in [6.07, 6.45) is 2.01. The molecular weight excluding hydrogens is 486 g/mol. The number of aryl methyl sites for hydroxylation is 2. The van der Waals surface area contributed by atoms with E-state index >= 15 is 0 Å². The Balaban J connectivity index is 2.23. The number of anilines is 1. The summed E-state index contributed by atoms with van der Waals surface area (Å²) in [5, 5.41) is 3.33. The van der Waals surface area contributed by atoms with E-state index in [1.54, 1.807) is 17.0 Å². The topological polar surface area (TPSA) is 86.8 Å². The van der Waals surface area contributed by atoms with Crippen molar-refractivity contribution in [3.8, 4) is 0 Å². The van der Waals surface area contributed by atoms with Crippen LogP contribution in [0.25, 0.3) is 0 Å². The molecule has 0 aromatic heterocycles. The SMILES string of the molecule is CCNC(=O)[C@@H](CC)N(Cc1ccccc1Cl)C(=O)CCCN(c1ccc(C)c(C)c1)S(C)(=O)=O. The van der Waals surface area contributed by atoms with E-state index in [0.29, 0.717) is 30.1 Å². The molecule has 0 saturated heterocycles. The lowest BCUT2D eigenvalue weighted by Gasteiger charge is -2.31. The fourth-order valence-electron chi connectivity index (χ4n) is 3.91. The van der Waals surface area contributed by atoms with Gasteiger partial charge in [-0.05, 0) is 68.5 Å². The highest BCUT2D eigenvalue weighted by atomic mass is 35.5. The van der Waals surface area contributed by atoms with Crippen molar-refractivity contribution in [3.05, 3.63) is 64.2 Å². The Morgan fingerprint density at radius 1 is 1.06 bits per heavy atom. The van der Waals surface area contributed by atoms with Crippen molar-refractivity contribution < 1.29 is 18.0 Å². The fraction of sp³-hybridized carbons (Fsp3) is 0.462. The average Bonchev–Trinajstić information content (AvgIpc) is 2.79. The Morgan fingerprint density at radius 2 is 1.74 bits per heavy atom. The van der Waals surface area contributed by atoms with E-state index in [1.807, 2.05) is 58.0 Å². The fourth-order valence-corrected chi connectivity index (χ4v) is 5.06. The molecule has 0 bridgehead atoms. The number of hydrogen-bond acceptors (Lipinski definition) is 4. The summed E-state index contributed by atoms with van der Waals surface area (Å²) in [6, 6.07) is 12.1. The molecule has 2 aromatic carbocycles. The number of nitrogens with one attached hydrogen (secondary N) is 1. The first kappa shape index (κ1) is 28.7. The number of benzene rings is 2. The van der Waals surface area contributed by atoms with Crippen LogP contribution in [0.4, 0.5) is 5.69 Å². The lowest BCUT2D eigenvalue weighted by molar-refractivity contribution is -0.141. The molecule has 0 heterocycles. The van der Waals surface area contributed by atoms with Gasteiger partial charge in [0, 0.05) is 31.1 Å². The van der Waals surface area contributed by atoms with E-state index in [4.69, 9.17) is 11.6 Å². The van der Waals surface area contributed by atoms with Crippen LogP contribution in [0.1, 0.15) is 49.8 Å². The van der Waals surface area contributed by atoms with Gasteiger partial charge in [0.25, 0.3) is 0 Å². The summed E-state index contributed by atoms with van der Waals surface area (Å²) in [5.41, 5.74) is 3.39. The Kier molecular flexibility index (Phi) is 10.6. The molecule has 1 atom stereocenters. The van der Waals surface area contributed by atoms with Crippen LogP contribution >= 0.6 is 11.6 Å². The quantitative estimate of drug-likeness (QED) is 0.447. The van der Waals surface area contributed by atoms with E-state index in [-0.39, 0.29) is 31.3 Å². The van der Waals surface area contributed by atoms with Gasteiger partial charge in [-0.1, -0.05) is 42.8 Å². The molecule has 0 aliphatic carbocycles. The standard InChI is InChI=1S/C26H36ClN3O4S/c1-6-24(26(32)28-7-2)29(18-21-11-8-9-12-23(21)27)25(31)13-10-16-30(35(5,33)34)22-15-14-19(3)20(4)17-22/h8-9,11-12,14-15,17,24H,6-7,10,13,16,18H2,1-5H3,(H,28,32)/t24-/m1/s1. The van der Waals surface area contributed by atoms with Gasteiger partial charge < -0.3 is 10.2 Å². The minimum Gasteiger partial charge on any atom is -0.355 e. The first-order valence-electron chi connectivity index (χ1n) is 11.8. The van der Waals surface area contributed by atoms with Crippen LogP contribution in [0.15, 0.2) is 42.5 Å². The smallest absolute Gasteiger partial charge is 0.242 e. The van der Waals surface area contributed by atoms with Crippen LogP contribution in [-0.2, 0) is 26.2 Å². The Morgan fingerprint density at radius 3 is 2.31 bits per heavy atom. The van der Waals surface area contributed by atoms with Crippen molar-refractivity contribution in [3.63, 3.8) is 0 Å². The molecule has 0 unspecified atom stereocenters. The molecule has 0 aliphatic heterocycles. The average molecular weight is 522 g/mol. The van der Waals surface area contributed by atoms with Crippen molar-refractivity contribution in [2.45, 2.75) is 59.5 Å². The number of rotatable bonds is 12. The van der Waals surface area contributed by atoms with Gasteiger partial charge in [-0.25, -0.2) is 8.42 Å². The largest absolute Gasteiger partial charge is 0.355 e. The third-order valence-corrected chi connectivity index (χ3v) is 7.53. The van der Waals surface area contributed by atoms with E-state index < -0.39 is 16.1 Å². The summed E-state index contributed by atoms with van der Waals surface area (Å²) >= 11 is 6.34. The maximum absolute atomic E-state index is 13.4. The van der Waals surface area contributed by atoms with Crippen LogP contribution in [0, 0.1) is 13.8 Å². The number of hydrogen-bond donors (Lipinski definition) is 1. The highest BCUT2D eigenvalue weighted by Crippen LogP contribution is 2.23. The number of sulfonamides is 1. The van der Waals surface area contributed by atoms with Crippen molar-refractivity contribution in [1.82, 2.24) is 10.2 Å². The normalized spacial score (nSPS) is 12.2. The van der Waals surface area contributed by atoms with Crippen LogP contribution in [0.3, 0.4) is 0 Å². The predicted molar refractivity (Wildman–Crippen MR) is 142 cm³/mol. The molecule has 2 rings (SSSR count). The lowest BCUT2D eigenvalue weighted by Crippen LogP contribution is -2.49. The molecule has 0 spiro atoms. The Labute approximate surface area is 214 Å². The molecule has 9 heteroatoms. The zero-order valence-electron chi connectivity index (χ0n) is 21.2. The predicted octanol–water partition coefficient (Wildman–Crippen LogP) is 4.45. The molecule has 0 saturated carbocycles. The van der Waals surface area contributed by atoms with Crippen molar-refractivity contribution >= 4 is 39.1 Å². The van der Waals surface area contributed by atoms with Gasteiger partial charge in [-0.2, -0.15) is 0 Å². The summed E-state index contributed by atoms with van der Waals surface area (Å²) in [4.78, 5) is 27.6. The highest BCUT2D eigenvalue weighted by molar-refractivity contribution is 7.92. The zero-order valence-corrected chi connectivity index (χ0v) is 22.7. The molecule has 7 nitrogen and oxygen atoms in total. The first-order chi connectivity index (χ1) is 16.5. The van der Waals surface area contributed by atoms with Gasteiger partial charge in [0.2, 0.25) is 21.8 Å². The third kappa shape index (κ3) is 7.97. The van der Waals surface area contributed by atoms with Gasteiger partial charge in [0.05, 0.1) is 11.9 Å². The van der Waals surface area contributed by atoms with Gasteiger partial charge >= 0.3 is 0 Å². The number of halogens is 1. The second-order valence-corrected chi connectivity index (χ2v) is 11.0. The Hall–Kier alpha value is -2.58. The molecule has 2 aromatic rings. The summed E-state index contributed by atoms with van der Waals surface area (Å²) in [5.74, 6) is -0.445. The second-order valence-electron chi connectivity index (χ2n) is 8.64. The first-order valence-corrected chi connectivity index (χ1v) is 14.1.